The molecule has 0 aromatic heterocycles. The molecule has 10 aliphatic rings. The highest BCUT2D eigenvalue weighted by Crippen LogP contribution is 2.64. The lowest BCUT2D eigenvalue weighted by molar-refractivity contribution is -0.393. The lowest BCUT2D eigenvalue weighted by atomic mass is 9.49. The maximum atomic E-state index is 13.8. The first-order chi connectivity index (χ1) is 70.4. The van der Waals surface area contributed by atoms with Gasteiger partial charge in [-0.25, -0.2) is 25.6 Å². The lowest BCUT2D eigenvalue weighted by Crippen LogP contribution is -2.61. The van der Waals surface area contributed by atoms with Gasteiger partial charge in [0.25, 0.3) is 15.9 Å². The number of ether oxygens (including phenoxy) is 1. The Labute approximate surface area is 871 Å². The van der Waals surface area contributed by atoms with Gasteiger partial charge in [-0.15, -0.1) is 0 Å². The van der Waals surface area contributed by atoms with E-state index in [0.29, 0.717) is 61.2 Å². The van der Waals surface area contributed by atoms with Gasteiger partial charge < -0.3 is 9.29 Å². The predicted molar refractivity (Wildman–Crippen MR) is 546 cm³/mol. The molecule has 149 heavy (non-hydrogen) atoms. The zero-order valence-electron chi connectivity index (χ0n) is 82.0. The van der Waals surface area contributed by atoms with Crippen molar-refractivity contribution in [3.8, 4) is 0 Å². The number of fused-ring (bicyclic) bond motifs is 1. The third kappa shape index (κ3) is 29.3. The van der Waals surface area contributed by atoms with E-state index in [2.05, 4.69) is 364 Å². The van der Waals surface area contributed by atoms with Crippen molar-refractivity contribution in [2.75, 3.05) is 19.7 Å². The second-order valence-corrected chi connectivity index (χ2v) is 51.1. The normalized spacial score (nSPS) is 21.6. The monoisotopic (exact) mass is 2190 g/mol. The minimum Gasteiger partial charge on any atom is -0.743 e. The van der Waals surface area contributed by atoms with Crippen molar-refractivity contribution in [3.05, 3.63) is 364 Å². The molecular weight excluding hydrogens is 2070 g/mol. The summed E-state index contributed by atoms with van der Waals surface area (Å²) in [7, 11) is -11.5. The number of alkyl halides is 19. The Kier molecular flexibility index (Phi) is 38.8. The summed E-state index contributed by atoms with van der Waals surface area (Å²) in [5.74, 6) is -29.8. The summed E-state index contributed by atoms with van der Waals surface area (Å²) in [6.07, 6.45) is 7.73. The summed E-state index contributed by atoms with van der Waals surface area (Å²) in [6.45, 7) is -1.76. The van der Waals surface area contributed by atoms with Crippen molar-refractivity contribution in [3.63, 3.8) is 0 Å². The topological polar surface area (TPSA) is 121 Å². The van der Waals surface area contributed by atoms with E-state index in [1.54, 1.807) is 0 Å². The van der Waals surface area contributed by atoms with Gasteiger partial charge in [0, 0.05) is 40.3 Å². The molecule has 1 aliphatic heterocycles. The second kappa shape index (κ2) is 49.8. The molecule has 2 unspecified atom stereocenters. The van der Waals surface area contributed by atoms with Crippen molar-refractivity contribution in [2.24, 2.45) is 58.2 Å². The number of esters is 1. The van der Waals surface area contributed by atoms with E-state index < -0.39 is 110 Å². The molecule has 33 heteroatoms. The highest BCUT2D eigenvalue weighted by Gasteiger charge is 2.81. The molecule has 9 aliphatic carbocycles. The summed E-state index contributed by atoms with van der Waals surface area (Å²) in [5.41, 5.74) is -1.00. The molecule has 9 saturated carbocycles. The van der Waals surface area contributed by atoms with Crippen molar-refractivity contribution < 1.29 is 114 Å². The number of carbonyl (C=O) groups is 1. The van der Waals surface area contributed by atoms with Crippen LogP contribution in [0, 0.1) is 58.2 Å². The Morgan fingerprint density at radius 1 is 0.322 bits per heavy atom. The third-order valence-corrected chi connectivity index (χ3v) is 39.6. The standard InChI is InChI=1S/4C18H15S.C14H20F2O2.C13H19F6NO2S.C12H18F2O3S.C5H3F9/c4*1-4-10-16(11-5-1)19(17-12-6-2-7-13-17)18-14-8-3-9-15-18;1-13(15,16)8-18-12(17)14-5-9-2-10(6-14)4-11(3-9)7-14;1-11(14,15)12(16,17)13(18,19)23(21,22)20-7-6-9-4-2-3-5-10(9)8-20;13-12(14,18(15,16)17)7-11-4-8-1-9(5-11)3-10(2-8)6-11;1-2(6,7)3(8,9)4(10,11)5(12,13)14/h4*1-15H;9-11H,2-8H2,1H3;9-10H,2-8H2,1H3;8-10H,1-7H2,(H,15,16,17);1H3/q4*+1;;;;/p-1. The van der Waals surface area contributed by atoms with E-state index in [0.717, 1.165) is 64.7 Å². The highest BCUT2D eigenvalue weighted by molar-refractivity contribution is 7.98. The van der Waals surface area contributed by atoms with Crippen LogP contribution in [-0.4, -0.2) is 104 Å². The van der Waals surface area contributed by atoms with Gasteiger partial charge in [-0.2, -0.15) is 78.9 Å². The predicted octanol–water partition coefficient (Wildman–Crippen LogP) is 32.4. The minimum absolute atomic E-state index is 0.0146. The van der Waals surface area contributed by atoms with E-state index in [9.17, 15) is 110 Å². The molecule has 8 bridgehead atoms. The zero-order chi connectivity index (χ0) is 107. The number of rotatable bonds is 24. The first kappa shape index (κ1) is 116. The van der Waals surface area contributed by atoms with Gasteiger partial charge in [-0.1, -0.05) is 238 Å². The Bertz CT molecular complexity index is 5430. The molecule has 796 valence electrons. The molecule has 0 radical (unpaired) electrons. The van der Waals surface area contributed by atoms with Crippen LogP contribution in [0.4, 0.5) is 83.4 Å². The van der Waals surface area contributed by atoms with Gasteiger partial charge in [0.1, 0.15) is 0 Å². The molecule has 1 saturated heterocycles. The average Bonchev–Trinajstić information content (AvgIpc) is 0.703. The average molecular weight is 2190 g/mol. The van der Waals surface area contributed by atoms with E-state index in [1.807, 2.05) is 0 Å². The molecule has 8 nitrogen and oxygen atoms in total. The smallest absolute Gasteiger partial charge is 0.460 e. The quantitative estimate of drug-likeness (QED) is 0.0256. The fourth-order valence-corrected chi connectivity index (χ4v) is 32.3. The molecule has 2 atom stereocenters. The second-order valence-electron chi connectivity index (χ2n) is 39.5. The van der Waals surface area contributed by atoms with Crippen LogP contribution >= 0.6 is 0 Å². The van der Waals surface area contributed by atoms with Gasteiger partial charge in [0.2, 0.25) is 0 Å². The molecule has 0 N–H and O–H groups in total. The van der Waals surface area contributed by atoms with Crippen LogP contribution in [0.2, 0.25) is 0 Å². The summed E-state index contributed by atoms with van der Waals surface area (Å²) >= 11 is 0. The van der Waals surface area contributed by atoms with Gasteiger partial charge in [-0.3, -0.25) is 4.79 Å². The number of benzene rings is 12. The molecular formula is C116H119F19NO7S6+3. The van der Waals surface area contributed by atoms with Crippen LogP contribution in [0.3, 0.4) is 0 Å². The van der Waals surface area contributed by atoms with Crippen LogP contribution in [0.25, 0.3) is 0 Å². The van der Waals surface area contributed by atoms with Crippen LogP contribution in [0.15, 0.2) is 423 Å². The Hall–Kier alpha value is -10.0. The largest absolute Gasteiger partial charge is 0.743 e. The van der Waals surface area contributed by atoms with E-state index in [1.165, 1.54) is 78.0 Å². The number of hydrogen-bond acceptors (Lipinski definition) is 7. The van der Waals surface area contributed by atoms with E-state index >= 15 is 0 Å². The Morgan fingerprint density at radius 3 is 0.745 bits per heavy atom. The number of nitrogens with zero attached hydrogens (tertiary/aromatic N) is 1. The zero-order valence-corrected chi connectivity index (χ0v) is 86.9. The molecule has 12 aromatic carbocycles. The maximum Gasteiger partial charge on any atom is 0.460 e. The SMILES string of the molecule is CC(F)(F)C(F)(F)C(F)(F)C(F)(F)F.CC(F)(F)C(F)(F)C(F)(F)S(=O)(=O)N1CCC2CCCCC2C1.CC(F)(F)COC(=O)C12CC3CC(CC(C3)C1)C2.O=S(=O)([O-])C(F)(F)CC12CC3CC(CC(C3)C1)C2.c1ccc([S+](c2ccccc2)c2ccccc2)cc1.c1ccc([S+](c2ccccc2)c2ccccc2)cc1.c1ccc([S+](c2ccccc2)c2ccccc2)cc1.c1ccc([S+](c2ccccc2)c2ccccc2)cc1. The highest BCUT2D eigenvalue weighted by atomic mass is 32.2. The summed E-state index contributed by atoms with van der Waals surface area (Å²) in [4.78, 5) is 28.5. The van der Waals surface area contributed by atoms with Crippen LogP contribution < -0.4 is 0 Å². The van der Waals surface area contributed by atoms with E-state index in [-0.39, 0.29) is 85.2 Å². The van der Waals surface area contributed by atoms with Gasteiger partial charge in [0.05, 0.1) is 49.0 Å². The van der Waals surface area contributed by atoms with E-state index in [4.69, 9.17) is 4.74 Å². The molecule has 10 fully saturated rings. The van der Waals surface area contributed by atoms with Crippen molar-refractivity contribution in [1.29, 1.82) is 0 Å². The minimum atomic E-state index is -6.77. The van der Waals surface area contributed by atoms with Crippen LogP contribution in [-0.2, 0) is 73.3 Å². The van der Waals surface area contributed by atoms with Crippen molar-refractivity contribution in [1.82, 2.24) is 4.31 Å². The number of piperidine rings is 1. The summed E-state index contributed by atoms with van der Waals surface area (Å²) in [6, 6.07) is 129. The third-order valence-electron chi connectivity index (χ3n) is 27.9. The van der Waals surface area contributed by atoms with Crippen molar-refractivity contribution in [2.45, 2.75) is 247 Å². The number of hydrogen-bond donors (Lipinski definition) is 0. The summed E-state index contributed by atoms with van der Waals surface area (Å²) < 4.78 is 299. The maximum absolute atomic E-state index is 13.8. The first-order valence-electron chi connectivity index (χ1n) is 49.2. The molecule has 0 amide bonds. The summed E-state index contributed by atoms with van der Waals surface area (Å²) in [5, 5.41) is -9.96. The van der Waals surface area contributed by atoms with Gasteiger partial charge in [0.15, 0.2) is 75.5 Å². The molecule has 0 spiro atoms. The van der Waals surface area contributed by atoms with Crippen LogP contribution in [0.1, 0.15) is 136 Å². The Balaban J connectivity index is 0.000000142. The number of carbonyl (C=O) groups excluding carboxylic acids is 1. The van der Waals surface area contributed by atoms with Gasteiger partial charge in [-0.05, 0) is 288 Å². The molecule has 12 aromatic rings. The fourth-order valence-electron chi connectivity index (χ4n) is 21.9. The Morgan fingerprint density at radius 2 is 0.544 bits per heavy atom. The van der Waals surface area contributed by atoms with Crippen LogP contribution in [0.5, 0.6) is 0 Å². The lowest BCUT2D eigenvalue weighted by Gasteiger charge is -2.57. The number of halogens is 19. The van der Waals surface area contributed by atoms with Crippen molar-refractivity contribution >= 4 is 69.7 Å². The molecule has 1 heterocycles. The first-order valence-corrected chi connectivity index (χ1v) is 57.0. The fraction of sp³-hybridized carbons (Fsp3) is 0.371. The van der Waals surface area contributed by atoms with Gasteiger partial charge >= 0.3 is 52.3 Å². The number of sulfonamides is 1. The molecule has 22 rings (SSSR count).